The molecule has 104 valence electrons. The van der Waals surface area contributed by atoms with Crippen molar-refractivity contribution in [1.29, 1.82) is 0 Å². The Morgan fingerprint density at radius 3 is 2.25 bits per heavy atom. The first-order valence-electron chi connectivity index (χ1n) is 6.55. The minimum atomic E-state index is -0.154. The highest BCUT2D eigenvalue weighted by atomic mass is 35.5. The van der Waals surface area contributed by atoms with Gasteiger partial charge < -0.3 is 5.32 Å². The average Bonchev–Trinajstić information content (AvgIpc) is 2.40. The Morgan fingerprint density at radius 1 is 1.00 bits per heavy atom. The van der Waals surface area contributed by atoms with Gasteiger partial charge in [-0.1, -0.05) is 62.7 Å². The van der Waals surface area contributed by atoms with Crippen molar-refractivity contribution in [2.24, 2.45) is 0 Å². The smallest absolute Gasteiger partial charge is 0.255 e. The molecule has 1 amide bonds. The van der Waals surface area contributed by atoms with Crippen LogP contribution in [0.15, 0.2) is 48.5 Å². The Bertz CT molecular complexity index is 615. The van der Waals surface area contributed by atoms with Gasteiger partial charge in [0.25, 0.3) is 5.91 Å². The van der Waals surface area contributed by atoms with E-state index in [1.165, 1.54) is 0 Å². The second-order valence-electron chi connectivity index (χ2n) is 5.74. The maximum absolute atomic E-state index is 12.2. The van der Waals surface area contributed by atoms with Gasteiger partial charge in [-0.2, -0.15) is 0 Å². The van der Waals surface area contributed by atoms with E-state index in [-0.39, 0.29) is 11.3 Å². The standard InChI is InChI=1S/C17H18ClNO/c1-17(2,3)13-10-7-11-14(15(13)18)19-16(20)12-8-5-4-6-9-12/h4-11H,1-3H3,(H,19,20). The number of halogens is 1. The van der Waals surface area contributed by atoms with Crippen LogP contribution in [-0.2, 0) is 5.41 Å². The predicted molar refractivity (Wildman–Crippen MR) is 84.5 cm³/mol. The quantitative estimate of drug-likeness (QED) is 0.837. The number of rotatable bonds is 2. The Kier molecular flexibility index (Phi) is 4.15. The summed E-state index contributed by atoms with van der Waals surface area (Å²) in [7, 11) is 0. The number of hydrogen-bond donors (Lipinski definition) is 1. The summed E-state index contributed by atoms with van der Waals surface area (Å²) in [6, 6.07) is 14.8. The van der Waals surface area contributed by atoms with Crippen molar-refractivity contribution in [3.63, 3.8) is 0 Å². The fourth-order valence-corrected chi connectivity index (χ4v) is 2.45. The molecule has 0 unspecified atom stereocenters. The molecule has 2 aromatic rings. The molecule has 20 heavy (non-hydrogen) atoms. The maximum Gasteiger partial charge on any atom is 0.255 e. The van der Waals surface area contributed by atoms with E-state index in [2.05, 4.69) is 26.1 Å². The third-order valence-corrected chi connectivity index (χ3v) is 3.50. The Morgan fingerprint density at radius 2 is 1.65 bits per heavy atom. The highest BCUT2D eigenvalue weighted by molar-refractivity contribution is 6.34. The van der Waals surface area contributed by atoms with Crippen molar-refractivity contribution >= 4 is 23.2 Å². The maximum atomic E-state index is 12.2. The molecule has 2 nitrogen and oxygen atoms in total. The summed E-state index contributed by atoms with van der Waals surface area (Å²) in [6.45, 7) is 6.28. The zero-order chi connectivity index (χ0) is 14.8. The normalized spacial score (nSPS) is 11.2. The lowest BCUT2D eigenvalue weighted by atomic mass is 9.87. The van der Waals surface area contributed by atoms with E-state index in [4.69, 9.17) is 11.6 Å². The lowest BCUT2D eigenvalue weighted by Crippen LogP contribution is -2.15. The minimum absolute atomic E-state index is 0.0649. The summed E-state index contributed by atoms with van der Waals surface area (Å²) in [5, 5.41) is 3.47. The van der Waals surface area contributed by atoms with E-state index >= 15 is 0 Å². The van der Waals surface area contributed by atoms with Crippen LogP contribution in [0.3, 0.4) is 0 Å². The Balaban J connectivity index is 2.29. The monoisotopic (exact) mass is 287 g/mol. The molecule has 0 aliphatic rings. The summed E-state index contributed by atoms with van der Waals surface area (Å²) < 4.78 is 0. The largest absolute Gasteiger partial charge is 0.321 e. The molecule has 2 aromatic carbocycles. The molecule has 0 atom stereocenters. The summed E-state index contributed by atoms with van der Waals surface area (Å²) in [6.07, 6.45) is 0. The van der Waals surface area contributed by atoms with E-state index in [9.17, 15) is 4.79 Å². The van der Waals surface area contributed by atoms with E-state index in [0.29, 0.717) is 16.3 Å². The number of carbonyl (C=O) groups is 1. The highest BCUT2D eigenvalue weighted by Crippen LogP contribution is 2.34. The lowest BCUT2D eigenvalue weighted by molar-refractivity contribution is 0.102. The fraction of sp³-hybridized carbons (Fsp3) is 0.235. The summed E-state index contributed by atoms with van der Waals surface area (Å²) >= 11 is 6.41. The number of anilines is 1. The zero-order valence-corrected chi connectivity index (χ0v) is 12.7. The summed E-state index contributed by atoms with van der Waals surface area (Å²) in [5.41, 5.74) is 2.22. The van der Waals surface area contributed by atoms with Gasteiger partial charge in [-0.15, -0.1) is 0 Å². The first-order chi connectivity index (χ1) is 9.39. The van der Waals surface area contributed by atoms with Gasteiger partial charge in [0.15, 0.2) is 0 Å². The van der Waals surface area contributed by atoms with Gasteiger partial charge in [0.2, 0.25) is 0 Å². The predicted octanol–water partition coefficient (Wildman–Crippen LogP) is 4.89. The molecule has 0 saturated carbocycles. The molecule has 0 spiro atoms. The summed E-state index contributed by atoms with van der Waals surface area (Å²) in [5.74, 6) is -0.154. The van der Waals surface area contributed by atoms with Crippen LogP contribution in [0.25, 0.3) is 0 Å². The second kappa shape index (κ2) is 5.68. The van der Waals surface area contributed by atoms with Crippen LogP contribution in [0, 0.1) is 0 Å². The van der Waals surface area contributed by atoms with Crippen LogP contribution in [0.4, 0.5) is 5.69 Å². The third kappa shape index (κ3) is 3.20. The van der Waals surface area contributed by atoms with Crippen LogP contribution in [0.2, 0.25) is 5.02 Å². The van der Waals surface area contributed by atoms with Crippen molar-refractivity contribution in [1.82, 2.24) is 0 Å². The van der Waals surface area contributed by atoms with Crippen LogP contribution in [0.1, 0.15) is 36.7 Å². The van der Waals surface area contributed by atoms with Gasteiger partial charge in [0.1, 0.15) is 0 Å². The van der Waals surface area contributed by atoms with Crippen LogP contribution < -0.4 is 5.32 Å². The number of hydrogen-bond acceptors (Lipinski definition) is 1. The van der Waals surface area contributed by atoms with E-state index < -0.39 is 0 Å². The SMILES string of the molecule is CC(C)(C)c1cccc(NC(=O)c2ccccc2)c1Cl. The van der Waals surface area contributed by atoms with Crippen LogP contribution in [-0.4, -0.2) is 5.91 Å². The first-order valence-corrected chi connectivity index (χ1v) is 6.93. The first kappa shape index (κ1) is 14.6. The Labute approximate surface area is 124 Å². The van der Waals surface area contributed by atoms with Gasteiger partial charge in [-0.3, -0.25) is 4.79 Å². The molecule has 2 rings (SSSR count). The van der Waals surface area contributed by atoms with Gasteiger partial charge in [-0.05, 0) is 29.2 Å². The van der Waals surface area contributed by atoms with Crippen molar-refractivity contribution in [3.05, 3.63) is 64.7 Å². The van der Waals surface area contributed by atoms with Crippen molar-refractivity contribution < 1.29 is 4.79 Å². The number of benzene rings is 2. The van der Waals surface area contributed by atoms with Crippen LogP contribution >= 0.6 is 11.6 Å². The molecule has 1 N–H and O–H groups in total. The molecular weight excluding hydrogens is 270 g/mol. The van der Waals surface area contributed by atoms with Gasteiger partial charge in [0, 0.05) is 5.56 Å². The van der Waals surface area contributed by atoms with Crippen molar-refractivity contribution in [2.45, 2.75) is 26.2 Å². The van der Waals surface area contributed by atoms with Crippen molar-refractivity contribution in [2.75, 3.05) is 5.32 Å². The van der Waals surface area contributed by atoms with Crippen molar-refractivity contribution in [3.8, 4) is 0 Å². The highest BCUT2D eigenvalue weighted by Gasteiger charge is 2.19. The molecule has 0 saturated heterocycles. The van der Waals surface area contributed by atoms with E-state index in [1.807, 2.05) is 36.4 Å². The number of amides is 1. The lowest BCUT2D eigenvalue weighted by Gasteiger charge is -2.22. The molecule has 0 bridgehead atoms. The van der Waals surface area contributed by atoms with Gasteiger partial charge >= 0.3 is 0 Å². The van der Waals surface area contributed by atoms with E-state index in [0.717, 1.165) is 5.56 Å². The van der Waals surface area contributed by atoms with E-state index in [1.54, 1.807) is 12.1 Å². The molecule has 0 radical (unpaired) electrons. The average molecular weight is 288 g/mol. The Hall–Kier alpha value is -1.80. The van der Waals surface area contributed by atoms with Gasteiger partial charge in [-0.25, -0.2) is 0 Å². The topological polar surface area (TPSA) is 29.1 Å². The fourth-order valence-electron chi connectivity index (χ4n) is 1.99. The molecular formula is C17H18ClNO. The molecule has 0 fully saturated rings. The number of carbonyl (C=O) groups excluding carboxylic acids is 1. The molecule has 0 heterocycles. The molecule has 0 aliphatic heterocycles. The number of nitrogens with one attached hydrogen (secondary N) is 1. The molecule has 3 heteroatoms. The van der Waals surface area contributed by atoms with Gasteiger partial charge in [0.05, 0.1) is 10.7 Å². The summed E-state index contributed by atoms with van der Waals surface area (Å²) in [4.78, 5) is 12.2. The second-order valence-corrected chi connectivity index (χ2v) is 6.12. The third-order valence-electron chi connectivity index (χ3n) is 3.09. The molecule has 0 aliphatic carbocycles. The molecule has 0 aromatic heterocycles. The minimum Gasteiger partial charge on any atom is -0.321 e. The van der Waals surface area contributed by atoms with Crippen LogP contribution in [0.5, 0.6) is 0 Å². The zero-order valence-electron chi connectivity index (χ0n) is 11.9.